The summed E-state index contributed by atoms with van der Waals surface area (Å²) in [5.41, 5.74) is 0. The van der Waals surface area contributed by atoms with Crippen LogP contribution in [0.3, 0.4) is 0 Å². The molecule has 0 N–H and O–H groups in total. The molecule has 1 atom stereocenters. The van der Waals surface area contributed by atoms with Crippen LogP contribution in [0.2, 0.25) is 0 Å². The lowest BCUT2D eigenvalue weighted by Gasteiger charge is -2.12. The summed E-state index contributed by atoms with van der Waals surface area (Å²) in [6, 6.07) is 0. The van der Waals surface area contributed by atoms with Crippen molar-refractivity contribution >= 4 is 51.4 Å². The summed E-state index contributed by atoms with van der Waals surface area (Å²) < 4.78 is 1.78. The first-order valence-electron chi connectivity index (χ1n) is 2.99. The molecule has 0 saturated heterocycles. The van der Waals surface area contributed by atoms with Crippen molar-refractivity contribution in [1.82, 2.24) is 3.11 Å². The first-order chi connectivity index (χ1) is 4.72. The lowest BCUT2D eigenvalue weighted by atomic mass is 10.3. The van der Waals surface area contributed by atoms with E-state index in [0.717, 1.165) is 13.0 Å². The molecule has 0 aromatic rings. The molecule has 0 bridgehead atoms. The Morgan fingerprint density at radius 3 is 3.10 bits per heavy atom. The highest BCUT2D eigenvalue weighted by Crippen LogP contribution is 2.15. The summed E-state index contributed by atoms with van der Waals surface area (Å²) >= 11 is 4.20. The van der Waals surface area contributed by atoms with Crippen LogP contribution in [0.25, 0.3) is 0 Å². The van der Waals surface area contributed by atoms with Crippen molar-refractivity contribution in [2.75, 3.05) is 6.54 Å². The third-order valence-corrected chi connectivity index (χ3v) is 3.18. The number of halogens is 2. The molecule has 0 spiro atoms. The minimum Gasteiger partial charge on any atom is -0.284 e. The number of hydrogen-bond donors (Lipinski definition) is 0. The molecule has 0 fully saturated rings. The maximum atomic E-state index is 11.2. The second-order valence-corrected chi connectivity index (χ2v) is 4.55. The molecule has 0 aliphatic carbocycles. The molecule has 10 heavy (non-hydrogen) atoms. The maximum absolute atomic E-state index is 11.2. The van der Waals surface area contributed by atoms with Crippen molar-refractivity contribution in [3.63, 3.8) is 0 Å². The van der Waals surface area contributed by atoms with E-state index >= 15 is 0 Å². The summed E-state index contributed by atoms with van der Waals surface area (Å²) in [4.78, 5) is 11.2. The van der Waals surface area contributed by atoms with E-state index < -0.39 is 0 Å². The first kappa shape index (κ1) is 8.76. The van der Waals surface area contributed by atoms with E-state index in [4.69, 9.17) is 0 Å². The van der Waals surface area contributed by atoms with Crippen LogP contribution in [0.1, 0.15) is 6.42 Å². The molecular weight excluding hydrogens is 356 g/mol. The molecule has 56 valence electrons. The minimum absolute atomic E-state index is 0.0389. The van der Waals surface area contributed by atoms with E-state index in [2.05, 4.69) is 51.5 Å². The highest BCUT2D eigenvalue weighted by Gasteiger charge is 2.18. The van der Waals surface area contributed by atoms with Crippen molar-refractivity contribution in [2.45, 2.75) is 10.3 Å². The Hall–Kier alpha value is 0.670. The molecule has 4 heteroatoms. The van der Waals surface area contributed by atoms with Gasteiger partial charge in [-0.15, -0.1) is 0 Å². The Bertz CT molecular complexity index is 169. The third-order valence-electron chi connectivity index (χ3n) is 1.27. The zero-order valence-electron chi connectivity index (χ0n) is 5.26. The van der Waals surface area contributed by atoms with Gasteiger partial charge in [-0.1, -0.05) is 34.7 Å². The summed E-state index contributed by atoms with van der Waals surface area (Å²) in [6.45, 7) is 0.843. The van der Waals surface area contributed by atoms with Gasteiger partial charge in [0.1, 0.15) is 3.92 Å². The van der Waals surface area contributed by atoms with Crippen LogP contribution in [0, 0.1) is 0 Å². The van der Waals surface area contributed by atoms with Crippen molar-refractivity contribution in [2.24, 2.45) is 0 Å². The molecule has 0 aromatic carbocycles. The second kappa shape index (κ2) is 3.89. The van der Waals surface area contributed by atoms with Gasteiger partial charge in [0.25, 0.3) is 0 Å². The monoisotopic (exact) mass is 363 g/mol. The molecular formula is C6H7I2NO. The normalized spacial score (nSPS) is 26.8. The Kier molecular flexibility index (Phi) is 3.41. The zero-order chi connectivity index (χ0) is 7.56. The first-order valence-corrected chi connectivity index (χ1v) is 5.21. The van der Waals surface area contributed by atoms with Gasteiger partial charge in [0.2, 0.25) is 5.91 Å². The van der Waals surface area contributed by atoms with Crippen molar-refractivity contribution in [3.05, 3.63) is 12.2 Å². The minimum atomic E-state index is 0.0389. The average Bonchev–Trinajstić information content (AvgIpc) is 2.04. The van der Waals surface area contributed by atoms with Gasteiger partial charge >= 0.3 is 0 Å². The molecule has 0 saturated carbocycles. The Morgan fingerprint density at radius 1 is 1.70 bits per heavy atom. The van der Waals surface area contributed by atoms with Gasteiger partial charge in [-0.05, 0) is 6.42 Å². The molecule has 1 unspecified atom stereocenters. The van der Waals surface area contributed by atoms with Crippen LogP contribution in [-0.2, 0) is 4.79 Å². The summed E-state index contributed by atoms with van der Waals surface area (Å²) in [5, 5.41) is 0. The van der Waals surface area contributed by atoms with E-state index in [0.29, 0.717) is 0 Å². The van der Waals surface area contributed by atoms with Crippen molar-refractivity contribution in [1.29, 1.82) is 0 Å². The number of carbonyl (C=O) groups is 1. The van der Waals surface area contributed by atoms with E-state index in [9.17, 15) is 4.79 Å². The maximum Gasteiger partial charge on any atom is 0.248 e. The fourth-order valence-corrected chi connectivity index (χ4v) is 2.47. The third kappa shape index (κ3) is 2.08. The van der Waals surface area contributed by atoms with Crippen LogP contribution < -0.4 is 0 Å². The van der Waals surface area contributed by atoms with Gasteiger partial charge < -0.3 is 0 Å². The number of hydrogen-bond acceptors (Lipinski definition) is 1. The Morgan fingerprint density at radius 2 is 2.40 bits per heavy atom. The second-order valence-electron chi connectivity index (χ2n) is 2.04. The predicted octanol–water partition coefficient (Wildman–Crippen LogP) is 1.93. The van der Waals surface area contributed by atoms with Gasteiger partial charge in [-0.3, -0.25) is 7.91 Å². The van der Waals surface area contributed by atoms with Crippen LogP contribution in [0.5, 0.6) is 0 Å². The molecule has 1 amide bonds. The van der Waals surface area contributed by atoms with Gasteiger partial charge in [-0.25, -0.2) is 0 Å². The molecule has 0 aromatic heterocycles. The summed E-state index contributed by atoms with van der Waals surface area (Å²) in [6.07, 6.45) is 5.00. The molecule has 1 aliphatic heterocycles. The van der Waals surface area contributed by atoms with Crippen molar-refractivity contribution in [3.8, 4) is 0 Å². The van der Waals surface area contributed by atoms with Gasteiger partial charge in [0, 0.05) is 6.54 Å². The molecule has 1 rings (SSSR count). The van der Waals surface area contributed by atoms with Crippen LogP contribution in [0.4, 0.5) is 0 Å². The fourth-order valence-electron chi connectivity index (χ4n) is 0.730. The Labute approximate surface area is 87.7 Å². The van der Waals surface area contributed by atoms with Crippen molar-refractivity contribution < 1.29 is 4.79 Å². The van der Waals surface area contributed by atoms with E-state index in [1.54, 1.807) is 3.11 Å². The average molecular weight is 363 g/mol. The summed E-state index contributed by atoms with van der Waals surface area (Å²) in [5.74, 6) is 0.204. The largest absolute Gasteiger partial charge is 0.284 e. The zero-order valence-corrected chi connectivity index (χ0v) is 9.57. The smallest absolute Gasteiger partial charge is 0.248 e. The highest BCUT2D eigenvalue weighted by atomic mass is 127. The van der Waals surface area contributed by atoms with Gasteiger partial charge in [0.15, 0.2) is 0 Å². The molecule has 2 nitrogen and oxygen atoms in total. The topological polar surface area (TPSA) is 20.3 Å². The molecule has 0 radical (unpaired) electrons. The highest BCUT2D eigenvalue weighted by molar-refractivity contribution is 14.1. The van der Waals surface area contributed by atoms with Crippen LogP contribution in [0.15, 0.2) is 12.2 Å². The van der Waals surface area contributed by atoms with Gasteiger partial charge in [0.05, 0.1) is 22.9 Å². The van der Waals surface area contributed by atoms with Crippen LogP contribution >= 0.6 is 45.5 Å². The lowest BCUT2D eigenvalue weighted by molar-refractivity contribution is -0.123. The Balaban J connectivity index is 2.67. The lowest BCUT2D eigenvalue weighted by Crippen LogP contribution is -2.26. The quantitative estimate of drug-likeness (QED) is 0.279. The molecule has 1 aliphatic rings. The van der Waals surface area contributed by atoms with E-state index in [-0.39, 0.29) is 9.83 Å². The standard InChI is InChI=1S/C6H7I2NO/c7-5-3-1-2-4-9(8)6(5)10/h1,3,5H,2,4H2. The SMILES string of the molecule is O=C1C(I)C=CCCN1I. The van der Waals surface area contributed by atoms with Gasteiger partial charge in [-0.2, -0.15) is 0 Å². The number of nitrogens with zero attached hydrogens (tertiary/aromatic N) is 1. The van der Waals surface area contributed by atoms with Crippen LogP contribution in [-0.4, -0.2) is 19.5 Å². The summed E-state index contributed by atoms with van der Waals surface area (Å²) in [7, 11) is 0. The number of rotatable bonds is 0. The van der Waals surface area contributed by atoms with E-state index in [1.165, 1.54) is 0 Å². The number of alkyl halides is 1. The number of carbonyl (C=O) groups excluding carboxylic acids is 1. The number of amides is 1. The molecule has 1 heterocycles. The fraction of sp³-hybridized carbons (Fsp3) is 0.500. The predicted molar refractivity (Wildman–Crippen MR) is 57.3 cm³/mol. The van der Waals surface area contributed by atoms with E-state index in [1.807, 2.05) is 6.08 Å².